The summed E-state index contributed by atoms with van der Waals surface area (Å²) in [4.78, 5) is 18.0. The van der Waals surface area contributed by atoms with E-state index in [2.05, 4.69) is 4.98 Å². The third-order valence-corrected chi connectivity index (χ3v) is 5.58. The van der Waals surface area contributed by atoms with Crippen molar-refractivity contribution in [1.29, 1.82) is 0 Å². The molecule has 2 atom stereocenters. The Kier molecular flexibility index (Phi) is 9.84. The summed E-state index contributed by atoms with van der Waals surface area (Å²) >= 11 is 0. The number of halogens is 2. The Morgan fingerprint density at radius 3 is 2.49 bits per heavy atom. The van der Waals surface area contributed by atoms with Gasteiger partial charge >= 0.3 is 0 Å². The van der Waals surface area contributed by atoms with Gasteiger partial charge in [-0.25, -0.2) is 13.8 Å². The molecule has 0 aliphatic carbocycles. The van der Waals surface area contributed by atoms with Gasteiger partial charge in [0.2, 0.25) is 5.88 Å². The molecular formula is C27H30F2N2O4. The zero-order valence-electron chi connectivity index (χ0n) is 19.8. The molecule has 0 aliphatic rings. The predicted molar refractivity (Wildman–Crippen MR) is 129 cm³/mol. The molecule has 0 radical (unpaired) electrons. The van der Waals surface area contributed by atoms with Crippen LogP contribution in [0.1, 0.15) is 51.7 Å². The Hall–Kier alpha value is -3.20. The van der Waals surface area contributed by atoms with Crippen molar-refractivity contribution in [2.75, 3.05) is 20.3 Å². The summed E-state index contributed by atoms with van der Waals surface area (Å²) in [6.07, 6.45) is -1.10. The molecule has 1 unspecified atom stereocenters. The van der Waals surface area contributed by atoms with Gasteiger partial charge in [-0.3, -0.25) is 9.69 Å². The maximum Gasteiger partial charge on any atom is 0.261 e. The largest absolute Gasteiger partial charge is 0.478 e. The van der Waals surface area contributed by atoms with Crippen LogP contribution in [0.2, 0.25) is 0 Å². The summed E-state index contributed by atoms with van der Waals surface area (Å²) in [5.74, 6) is 0.487. The summed E-state index contributed by atoms with van der Waals surface area (Å²) in [5, 5.41) is 11.3. The van der Waals surface area contributed by atoms with Crippen LogP contribution < -0.4 is 4.74 Å². The molecule has 0 saturated heterocycles. The highest BCUT2D eigenvalue weighted by atomic mass is 19.3. The first-order chi connectivity index (χ1) is 16.9. The Bertz CT molecular complexity index is 1060. The Labute approximate surface area is 204 Å². The molecule has 3 aromatic rings. The van der Waals surface area contributed by atoms with Gasteiger partial charge in [0.05, 0.1) is 19.3 Å². The molecule has 35 heavy (non-hydrogen) atoms. The van der Waals surface area contributed by atoms with Gasteiger partial charge in [0.1, 0.15) is 19.0 Å². The van der Waals surface area contributed by atoms with Crippen LogP contribution in [-0.2, 0) is 17.9 Å². The molecule has 0 amide bonds. The smallest absolute Gasteiger partial charge is 0.261 e. The van der Waals surface area contributed by atoms with E-state index in [9.17, 15) is 18.7 Å². The van der Waals surface area contributed by atoms with E-state index >= 15 is 0 Å². The van der Waals surface area contributed by atoms with Gasteiger partial charge in [-0.15, -0.1) is 0 Å². The molecule has 1 N–H and O–H groups in total. The van der Waals surface area contributed by atoms with Gasteiger partial charge in [-0.2, -0.15) is 0 Å². The molecule has 3 rings (SSSR count). The summed E-state index contributed by atoms with van der Waals surface area (Å²) in [5.41, 5.74) is 3.37. The number of pyridine rings is 1. The minimum atomic E-state index is -2.54. The lowest BCUT2D eigenvalue weighted by molar-refractivity contribution is 0.00985. The van der Waals surface area contributed by atoms with Crippen LogP contribution in [0.25, 0.3) is 0 Å². The van der Waals surface area contributed by atoms with Crippen LogP contribution in [0, 0.1) is 0 Å². The van der Waals surface area contributed by atoms with Crippen LogP contribution in [0.4, 0.5) is 8.78 Å². The fourth-order valence-corrected chi connectivity index (χ4v) is 3.93. The van der Waals surface area contributed by atoms with E-state index in [0.29, 0.717) is 35.7 Å². The van der Waals surface area contributed by atoms with Crippen LogP contribution in [0.5, 0.6) is 5.88 Å². The van der Waals surface area contributed by atoms with Crippen LogP contribution >= 0.6 is 0 Å². The lowest BCUT2D eigenvalue weighted by Gasteiger charge is -2.33. The summed E-state index contributed by atoms with van der Waals surface area (Å²) in [6, 6.07) is 17.9. The first-order valence-corrected chi connectivity index (χ1v) is 11.4. The average Bonchev–Trinajstić information content (AvgIpc) is 2.86. The molecule has 1 aromatic heterocycles. The van der Waals surface area contributed by atoms with E-state index in [0.717, 1.165) is 17.4 Å². The zero-order valence-corrected chi connectivity index (χ0v) is 19.8. The second kappa shape index (κ2) is 13.0. The van der Waals surface area contributed by atoms with Crippen LogP contribution in [-0.4, -0.2) is 48.0 Å². The van der Waals surface area contributed by atoms with Crippen molar-refractivity contribution in [2.45, 2.75) is 38.6 Å². The van der Waals surface area contributed by atoms with E-state index < -0.39 is 25.2 Å². The minimum Gasteiger partial charge on any atom is -0.478 e. The molecule has 8 heteroatoms. The Balaban J connectivity index is 1.83. The van der Waals surface area contributed by atoms with Gasteiger partial charge in [-0.1, -0.05) is 42.5 Å². The number of aliphatic hydroxyl groups excluding tert-OH is 1. The third-order valence-electron chi connectivity index (χ3n) is 5.58. The van der Waals surface area contributed by atoms with Crippen molar-refractivity contribution in [3.63, 3.8) is 0 Å². The van der Waals surface area contributed by atoms with E-state index in [-0.39, 0.29) is 6.61 Å². The fraction of sp³-hybridized carbons (Fsp3) is 0.333. The fourth-order valence-electron chi connectivity index (χ4n) is 3.93. The number of aromatic nitrogens is 1. The van der Waals surface area contributed by atoms with Crippen molar-refractivity contribution in [1.82, 2.24) is 9.88 Å². The predicted octanol–water partition coefficient (Wildman–Crippen LogP) is 4.98. The lowest BCUT2D eigenvalue weighted by atomic mass is 9.94. The van der Waals surface area contributed by atoms with Crippen molar-refractivity contribution < 1.29 is 28.2 Å². The van der Waals surface area contributed by atoms with Crippen molar-refractivity contribution >= 4 is 6.29 Å². The first-order valence-electron chi connectivity index (χ1n) is 11.4. The van der Waals surface area contributed by atoms with Gasteiger partial charge in [0, 0.05) is 29.9 Å². The standard InChI is InChI=1S/C27H30F2N2O4/c1-3-35-25-12-11-21(14-30-25)27(33)26(20-7-5-4-6-8-20)31(2)15-22-10-9-19(13-23(22)16-32)17-34-18-24(28)29/h4-14,16,24,26-27,33H,3,15,17-18H2,1-2H3/t26-,27?/m1/s1. The number of carbonyl (C=O) groups is 1. The highest BCUT2D eigenvalue weighted by Crippen LogP contribution is 2.34. The normalized spacial score (nSPS) is 13.1. The topological polar surface area (TPSA) is 71.9 Å². The van der Waals surface area contributed by atoms with E-state index in [4.69, 9.17) is 9.47 Å². The highest BCUT2D eigenvalue weighted by molar-refractivity contribution is 5.77. The lowest BCUT2D eigenvalue weighted by Crippen LogP contribution is -2.30. The average molecular weight is 485 g/mol. The van der Waals surface area contributed by atoms with E-state index in [1.165, 1.54) is 0 Å². The number of rotatable bonds is 13. The Morgan fingerprint density at radius 1 is 1.09 bits per heavy atom. The number of likely N-dealkylation sites (N-methyl/N-ethyl adjacent to an activating group) is 1. The number of hydrogen-bond acceptors (Lipinski definition) is 6. The number of carbonyl (C=O) groups excluding carboxylic acids is 1. The van der Waals surface area contributed by atoms with Crippen LogP contribution in [0.3, 0.4) is 0 Å². The number of benzene rings is 2. The SMILES string of the molecule is CCOc1ccc(C(O)[C@@H](c2ccccc2)N(C)Cc2ccc(COCC(F)F)cc2C=O)cn1. The summed E-state index contributed by atoms with van der Waals surface area (Å²) in [7, 11) is 1.87. The highest BCUT2D eigenvalue weighted by Gasteiger charge is 2.27. The van der Waals surface area contributed by atoms with Gasteiger partial charge in [-0.05, 0) is 42.8 Å². The second-order valence-corrected chi connectivity index (χ2v) is 8.14. The maximum absolute atomic E-state index is 12.3. The zero-order chi connectivity index (χ0) is 25.2. The number of alkyl halides is 2. The molecule has 0 bridgehead atoms. The molecule has 0 spiro atoms. The molecule has 0 fully saturated rings. The first kappa shape index (κ1) is 26.4. The maximum atomic E-state index is 12.3. The van der Waals surface area contributed by atoms with Crippen molar-refractivity contribution in [3.8, 4) is 5.88 Å². The van der Waals surface area contributed by atoms with Crippen molar-refractivity contribution in [3.05, 3.63) is 94.7 Å². The van der Waals surface area contributed by atoms with E-state index in [1.54, 1.807) is 36.5 Å². The number of ether oxygens (including phenoxy) is 2. The Morgan fingerprint density at radius 2 is 1.86 bits per heavy atom. The van der Waals surface area contributed by atoms with E-state index in [1.807, 2.05) is 49.2 Å². The number of aldehydes is 1. The molecular weight excluding hydrogens is 454 g/mol. The van der Waals surface area contributed by atoms with Gasteiger partial charge < -0.3 is 14.6 Å². The van der Waals surface area contributed by atoms with Gasteiger partial charge in [0.25, 0.3) is 6.43 Å². The second-order valence-electron chi connectivity index (χ2n) is 8.14. The van der Waals surface area contributed by atoms with Gasteiger partial charge in [0.15, 0.2) is 0 Å². The molecule has 2 aromatic carbocycles. The van der Waals surface area contributed by atoms with Crippen LogP contribution in [0.15, 0.2) is 66.9 Å². The summed E-state index contributed by atoms with van der Waals surface area (Å²) in [6.45, 7) is 2.09. The molecule has 6 nitrogen and oxygen atoms in total. The quantitative estimate of drug-likeness (QED) is 0.345. The van der Waals surface area contributed by atoms with Crippen molar-refractivity contribution in [2.24, 2.45) is 0 Å². The monoisotopic (exact) mass is 484 g/mol. The number of hydrogen-bond donors (Lipinski definition) is 1. The third kappa shape index (κ3) is 7.39. The number of aliphatic hydroxyl groups is 1. The molecule has 1 heterocycles. The molecule has 186 valence electrons. The number of nitrogens with zero attached hydrogens (tertiary/aromatic N) is 2. The molecule has 0 aliphatic heterocycles. The minimum absolute atomic E-state index is 0.00258. The molecule has 0 saturated carbocycles. The summed E-state index contributed by atoms with van der Waals surface area (Å²) < 4.78 is 35.0.